The minimum absolute atomic E-state index is 0.0679. The first kappa shape index (κ1) is 27.5. The molecule has 1 saturated heterocycles. The minimum atomic E-state index is -1.52. The molecule has 1 atom stereocenters. The summed E-state index contributed by atoms with van der Waals surface area (Å²) in [5.41, 5.74) is 1.20. The standard InChI is InChI=1S/C27H37N5O5Si/c1-17-9-10-19(38(6,7)8)15-21(17)37-22-12-11-20(36-22)24(33)28-23-25(34-4)29-27(30-26(23)35-5)32(3)18-13-14-31(2)16-18/h9-12,15,18H,13-14,16H2,1-8H3,(H,28,33). The molecule has 10 nitrogen and oxygen atoms in total. The molecule has 2 aromatic heterocycles. The number of likely N-dealkylation sites (N-methyl/N-ethyl adjacent to an activating group) is 2. The zero-order valence-electron chi connectivity index (χ0n) is 23.4. The van der Waals surface area contributed by atoms with Crippen LogP contribution < -0.4 is 29.6 Å². The predicted molar refractivity (Wildman–Crippen MR) is 150 cm³/mol. The van der Waals surface area contributed by atoms with Crippen molar-refractivity contribution in [3.05, 3.63) is 41.7 Å². The SMILES string of the molecule is COc1nc(N(C)C2CCN(C)C2)nc(OC)c1NC(=O)c1ccc(Oc2cc([Si](C)(C)C)ccc2C)o1. The highest BCUT2D eigenvalue weighted by atomic mass is 28.3. The first-order chi connectivity index (χ1) is 18.0. The summed E-state index contributed by atoms with van der Waals surface area (Å²) in [7, 11) is 5.49. The van der Waals surface area contributed by atoms with E-state index in [0.29, 0.717) is 11.7 Å². The molecule has 11 heteroatoms. The zero-order chi connectivity index (χ0) is 27.6. The molecule has 204 valence electrons. The largest absolute Gasteiger partial charge is 0.479 e. The van der Waals surface area contributed by atoms with E-state index in [4.69, 9.17) is 18.6 Å². The van der Waals surface area contributed by atoms with Crippen LogP contribution in [0.5, 0.6) is 23.5 Å². The van der Waals surface area contributed by atoms with Crippen molar-refractivity contribution in [2.75, 3.05) is 51.6 Å². The second kappa shape index (κ2) is 11.0. The Morgan fingerprint density at radius 2 is 1.82 bits per heavy atom. The van der Waals surface area contributed by atoms with Gasteiger partial charge in [-0.2, -0.15) is 9.97 Å². The number of methoxy groups -OCH3 is 2. The number of benzene rings is 1. The van der Waals surface area contributed by atoms with Crippen LogP contribution in [-0.2, 0) is 0 Å². The average molecular weight is 540 g/mol. The van der Waals surface area contributed by atoms with Gasteiger partial charge < -0.3 is 33.7 Å². The molecule has 1 aliphatic heterocycles. The summed E-state index contributed by atoms with van der Waals surface area (Å²) in [4.78, 5) is 26.4. The van der Waals surface area contributed by atoms with Gasteiger partial charge in [0, 0.05) is 25.7 Å². The number of nitrogens with zero attached hydrogens (tertiary/aromatic N) is 4. The van der Waals surface area contributed by atoms with Gasteiger partial charge in [-0.3, -0.25) is 4.79 Å². The molecule has 0 aliphatic carbocycles. The van der Waals surface area contributed by atoms with E-state index >= 15 is 0 Å². The van der Waals surface area contributed by atoms with Crippen molar-refractivity contribution in [1.82, 2.24) is 14.9 Å². The van der Waals surface area contributed by atoms with Gasteiger partial charge in [0.2, 0.25) is 17.7 Å². The minimum Gasteiger partial charge on any atom is -0.479 e. The number of aryl methyl sites for hydroxylation is 1. The van der Waals surface area contributed by atoms with Crippen LogP contribution in [0.3, 0.4) is 0 Å². The molecule has 1 aliphatic rings. The Morgan fingerprint density at radius 3 is 2.39 bits per heavy atom. The van der Waals surface area contributed by atoms with Crippen LogP contribution >= 0.6 is 0 Å². The molecule has 4 rings (SSSR count). The Labute approximate surface area is 224 Å². The summed E-state index contributed by atoms with van der Waals surface area (Å²) in [5, 5.41) is 4.05. The average Bonchev–Trinajstić information content (AvgIpc) is 3.53. The molecular formula is C27H37N5O5Si. The number of carbonyl (C=O) groups is 1. The van der Waals surface area contributed by atoms with Gasteiger partial charge in [-0.05, 0) is 44.6 Å². The third-order valence-electron chi connectivity index (χ3n) is 6.76. The zero-order valence-corrected chi connectivity index (χ0v) is 24.4. The van der Waals surface area contributed by atoms with Crippen molar-refractivity contribution in [2.24, 2.45) is 0 Å². The number of nitrogens with one attached hydrogen (secondary N) is 1. The van der Waals surface area contributed by atoms with Crippen molar-refractivity contribution >= 4 is 30.8 Å². The van der Waals surface area contributed by atoms with E-state index in [1.807, 2.05) is 24.9 Å². The summed E-state index contributed by atoms with van der Waals surface area (Å²) < 4.78 is 22.7. The molecule has 0 bridgehead atoms. The second-order valence-corrected chi connectivity index (χ2v) is 15.7. The number of aromatic nitrogens is 2. The molecule has 1 aromatic carbocycles. The lowest BCUT2D eigenvalue weighted by Gasteiger charge is -2.25. The third-order valence-corrected chi connectivity index (χ3v) is 8.80. The molecule has 0 radical (unpaired) electrons. The van der Waals surface area contributed by atoms with E-state index in [9.17, 15) is 4.79 Å². The molecule has 3 aromatic rings. The van der Waals surface area contributed by atoms with E-state index in [-0.39, 0.29) is 35.2 Å². The number of ether oxygens (including phenoxy) is 3. The molecule has 1 fully saturated rings. The third kappa shape index (κ3) is 5.94. The lowest BCUT2D eigenvalue weighted by atomic mass is 10.2. The van der Waals surface area contributed by atoms with Crippen LogP contribution in [0, 0.1) is 6.92 Å². The van der Waals surface area contributed by atoms with Crippen LogP contribution in [0.1, 0.15) is 22.5 Å². The van der Waals surface area contributed by atoms with E-state index in [2.05, 4.69) is 59.0 Å². The first-order valence-electron chi connectivity index (χ1n) is 12.6. The Hall–Kier alpha value is -3.57. The molecule has 0 saturated carbocycles. The van der Waals surface area contributed by atoms with E-state index in [1.165, 1.54) is 19.4 Å². The van der Waals surface area contributed by atoms with Gasteiger partial charge >= 0.3 is 0 Å². The van der Waals surface area contributed by atoms with Gasteiger partial charge in [-0.1, -0.05) is 37.0 Å². The number of furan rings is 1. The first-order valence-corrected chi connectivity index (χ1v) is 16.1. The number of hydrogen-bond acceptors (Lipinski definition) is 9. The quantitative estimate of drug-likeness (QED) is 0.402. The second-order valence-electron chi connectivity index (χ2n) is 10.6. The highest BCUT2D eigenvalue weighted by Gasteiger charge is 2.28. The van der Waals surface area contributed by atoms with Crippen LogP contribution in [0.15, 0.2) is 34.7 Å². The molecular weight excluding hydrogens is 502 g/mol. The maximum absolute atomic E-state index is 13.1. The van der Waals surface area contributed by atoms with E-state index in [1.54, 1.807) is 12.1 Å². The normalized spacial score (nSPS) is 15.8. The Morgan fingerprint density at radius 1 is 1.13 bits per heavy atom. The summed E-state index contributed by atoms with van der Waals surface area (Å²) in [5.74, 6) is 1.34. The number of hydrogen-bond donors (Lipinski definition) is 1. The van der Waals surface area contributed by atoms with Gasteiger partial charge in [0.05, 0.1) is 22.3 Å². The predicted octanol–water partition coefficient (Wildman–Crippen LogP) is 4.13. The summed E-state index contributed by atoms with van der Waals surface area (Å²) in [6.45, 7) is 10.7. The maximum Gasteiger partial charge on any atom is 0.291 e. The van der Waals surface area contributed by atoms with Crippen LogP contribution in [0.2, 0.25) is 19.6 Å². The highest BCUT2D eigenvalue weighted by molar-refractivity contribution is 6.88. The van der Waals surface area contributed by atoms with E-state index in [0.717, 1.165) is 25.1 Å². The molecule has 1 amide bonds. The van der Waals surface area contributed by atoms with Gasteiger partial charge in [-0.25, -0.2) is 0 Å². The molecule has 3 heterocycles. The number of rotatable bonds is 9. The number of amides is 1. The topological polar surface area (TPSA) is 102 Å². The Balaban J connectivity index is 1.53. The smallest absolute Gasteiger partial charge is 0.291 e. The fourth-order valence-corrected chi connectivity index (χ4v) is 5.47. The number of carbonyl (C=O) groups excluding carboxylic acids is 1. The van der Waals surface area contributed by atoms with Crippen molar-refractivity contribution in [3.8, 4) is 23.5 Å². The Bertz CT molecular complexity index is 1280. The lowest BCUT2D eigenvalue weighted by Crippen LogP contribution is -2.37. The maximum atomic E-state index is 13.1. The highest BCUT2D eigenvalue weighted by Crippen LogP contribution is 2.35. The van der Waals surface area contributed by atoms with Crippen molar-refractivity contribution < 1.29 is 23.4 Å². The number of likely N-dealkylation sites (tertiary alicyclic amines) is 1. The van der Waals surface area contributed by atoms with Crippen LogP contribution in [-0.4, -0.2) is 76.3 Å². The van der Waals surface area contributed by atoms with Crippen molar-refractivity contribution in [2.45, 2.75) is 39.0 Å². The monoisotopic (exact) mass is 539 g/mol. The van der Waals surface area contributed by atoms with Gasteiger partial charge in [-0.15, -0.1) is 0 Å². The van der Waals surface area contributed by atoms with Crippen LogP contribution in [0.25, 0.3) is 0 Å². The van der Waals surface area contributed by atoms with Crippen molar-refractivity contribution in [3.63, 3.8) is 0 Å². The number of anilines is 2. The van der Waals surface area contributed by atoms with Crippen molar-refractivity contribution in [1.29, 1.82) is 0 Å². The fraction of sp³-hybridized carbons (Fsp3) is 0.444. The lowest BCUT2D eigenvalue weighted by molar-refractivity contribution is 0.0990. The molecule has 38 heavy (non-hydrogen) atoms. The Kier molecular flexibility index (Phi) is 7.98. The summed E-state index contributed by atoms with van der Waals surface area (Å²) in [6, 6.07) is 9.70. The fourth-order valence-electron chi connectivity index (χ4n) is 4.32. The molecule has 0 spiro atoms. The van der Waals surface area contributed by atoms with Gasteiger partial charge in [0.25, 0.3) is 11.9 Å². The van der Waals surface area contributed by atoms with Crippen LogP contribution in [0.4, 0.5) is 11.6 Å². The van der Waals surface area contributed by atoms with E-state index < -0.39 is 14.0 Å². The van der Waals surface area contributed by atoms with Gasteiger partial charge in [0.1, 0.15) is 5.75 Å². The molecule has 1 unspecified atom stereocenters. The summed E-state index contributed by atoms with van der Waals surface area (Å²) >= 11 is 0. The molecule has 1 N–H and O–H groups in total. The van der Waals surface area contributed by atoms with Gasteiger partial charge in [0.15, 0.2) is 11.4 Å². The summed E-state index contributed by atoms with van der Waals surface area (Å²) in [6.07, 6.45) is 1.00.